The zero-order chi connectivity index (χ0) is 15.4. The first-order chi connectivity index (χ1) is 10.7. The number of carbonyl (C=O) groups is 1. The SMILES string of the molecule is O=C(c1cccc(Cl)c1)N1CCC(Oc2cnccn2)CC1. The van der Waals surface area contributed by atoms with Gasteiger partial charge in [0.05, 0.1) is 6.20 Å². The molecule has 3 rings (SSSR count). The second-order valence-corrected chi connectivity index (χ2v) is 5.60. The third kappa shape index (κ3) is 3.54. The van der Waals surface area contributed by atoms with Crippen molar-refractivity contribution in [3.63, 3.8) is 0 Å². The summed E-state index contributed by atoms with van der Waals surface area (Å²) in [7, 11) is 0. The fourth-order valence-corrected chi connectivity index (χ4v) is 2.69. The minimum Gasteiger partial charge on any atom is -0.473 e. The predicted molar refractivity (Wildman–Crippen MR) is 83.0 cm³/mol. The number of rotatable bonds is 3. The number of piperidine rings is 1. The maximum atomic E-state index is 12.4. The van der Waals surface area contributed by atoms with E-state index in [0.29, 0.717) is 29.6 Å². The van der Waals surface area contributed by atoms with Gasteiger partial charge in [0.2, 0.25) is 5.88 Å². The number of nitrogens with zero attached hydrogens (tertiary/aromatic N) is 3. The van der Waals surface area contributed by atoms with Gasteiger partial charge in [-0.2, -0.15) is 0 Å². The van der Waals surface area contributed by atoms with Crippen LogP contribution in [0.4, 0.5) is 0 Å². The van der Waals surface area contributed by atoms with E-state index in [2.05, 4.69) is 9.97 Å². The van der Waals surface area contributed by atoms with E-state index in [0.717, 1.165) is 12.8 Å². The quantitative estimate of drug-likeness (QED) is 0.873. The van der Waals surface area contributed by atoms with E-state index in [1.165, 1.54) is 0 Å². The molecule has 1 aliphatic heterocycles. The molecule has 0 N–H and O–H groups in total. The van der Waals surface area contributed by atoms with Gasteiger partial charge in [-0.1, -0.05) is 17.7 Å². The Bertz CT molecular complexity index is 643. The first-order valence-electron chi connectivity index (χ1n) is 7.20. The van der Waals surface area contributed by atoms with Gasteiger partial charge in [0, 0.05) is 48.9 Å². The molecule has 114 valence electrons. The molecule has 1 amide bonds. The van der Waals surface area contributed by atoms with Gasteiger partial charge >= 0.3 is 0 Å². The lowest BCUT2D eigenvalue weighted by atomic mass is 10.1. The van der Waals surface area contributed by atoms with Crippen molar-refractivity contribution in [3.05, 3.63) is 53.4 Å². The Morgan fingerprint density at radius 3 is 2.77 bits per heavy atom. The highest BCUT2D eigenvalue weighted by atomic mass is 35.5. The topological polar surface area (TPSA) is 55.3 Å². The lowest BCUT2D eigenvalue weighted by Gasteiger charge is -2.32. The van der Waals surface area contributed by atoms with Crippen LogP contribution < -0.4 is 4.74 Å². The average Bonchev–Trinajstić information content (AvgIpc) is 2.56. The van der Waals surface area contributed by atoms with Crippen LogP contribution in [-0.4, -0.2) is 40.0 Å². The van der Waals surface area contributed by atoms with E-state index < -0.39 is 0 Å². The molecule has 0 saturated carbocycles. The molecule has 1 saturated heterocycles. The van der Waals surface area contributed by atoms with Gasteiger partial charge in [-0.15, -0.1) is 0 Å². The standard InChI is InChI=1S/C16H16ClN3O2/c17-13-3-1-2-12(10-13)16(21)20-8-4-14(5-9-20)22-15-11-18-6-7-19-15/h1-3,6-7,10-11,14H,4-5,8-9H2. The lowest BCUT2D eigenvalue weighted by Crippen LogP contribution is -2.41. The third-order valence-electron chi connectivity index (χ3n) is 3.63. The van der Waals surface area contributed by atoms with Crippen molar-refractivity contribution in [2.45, 2.75) is 18.9 Å². The number of halogens is 1. The van der Waals surface area contributed by atoms with Gasteiger partial charge in [-0.25, -0.2) is 4.98 Å². The number of hydrogen-bond acceptors (Lipinski definition) is 4. The average molecular weight is 318 g/mol. The second-order valence-electron chi connectivity index (χ2n) is 5.16. The molecule has 1 aliphatic rings. The van der Waals surface area contributed by atoms with Crippen molar-refractivity contribution >= 4 is 17.5 Å². The van der Waals surface area contributed by atoms with E-state index in [4.69, 9.17) is 16.3 Å². The van der Waals surface area contributed by atoms with Crippen LogP contribution in [-0.2, 0) is 0 Å². The molecule has 6 heteroatoms. The molecule has 2 aromatic rings. The van der Waals surface area contributed by atoms with Crippen molar-refractivity contribution in [1.82, 2.24) is 14.9 Å². The maximum Gasteiger partial charge on any atom is 0.253 e. The van der Waals surface area contributed by atoms with E-state index >= 15 is 0 Å². The van der Waals surface area contributed by atoms with Gasteiger partial charge in [0.15, 0.2) is 0 Å². The number of likely N-dealkylation sites (tertiary alicyclic amines) is 1. The zero-order valence-electron chi connectivity index (χ0n) is 12.0. The Morgan fingerprint density at radius 1 is 1.27 bits per heavy atom. The normalized spacial score (nSPS) is 15.6. The first kappa shape index (κ1) is 14.8. The summed E-state index contributed by atoms with van der Waals surface area (Å²) in [6.45, 7) is 1.33. The molecule has 0 atom stereocenters. The Kier molecular flexibility index (Phi) is 4.53. The monoisotopic (exact) mass is 317 g/mol. The third-order valence-corrected chi connectivity index (χ3v) is 3.86. The molecule has 0 spiro atoms. The van der Waals surface area contributed by atoms with Gasteiger partial charge < -0.3 is 9.64 Å². The van der Waals surface area contributed by atoms with E-state index in [1.807, 2.05) is 4.90 Å². The number of aromatic nitrogens is 2. The number of ether oxygens (including phenoxy) is 1. The van der Waals surface area contributed by atoms with Crippen LogP contribution in [0.5, 0.6) is 5.88 Å². The largest absolute Gasteiger partial charge is 0.473 e. The predicted octanol–water partition coefficient (Wildman–Crippen LogP) is 2.81. The molecule has 22 heavy (non-hydrogen) atoms. The Balaban J connectivity index is 1.56. The summed E-state index contributed by atoms with van der Waals surface area (Å²) >= 11 is 5.94. The molecule has 0 unspecified atom stereocenters. The van der Waals surface area contributed by atoms with Crippen LogP contribution in [0.15, 0.2) is 42.9 Å². The van der Waals surface area contributed by atoms with Crippen LogP contribution in [0.25, 0.3) is 0 Å². The van der Waals surface area contributed by atoms with Crippen molar-refractivity contribution in [3.8, 4) is 5.88 Å². The molecule has 1 fully saturated rings. The summed E-state index contributed by atoms with van der Waals surface area (Å²) in [5.74, 6) is 0.544. The second kappa shape index (κ2) is 6.75. The smallest absolute Gasteiger partial charge is 0.253 e. The highest BCUT2D eigenvalue weighted by Crippen LogP contribution is 2.19. The van der Waals surface area contributed by atoms with Crippen LogP contribution in [0, 0.1) is 0 Å². The summed E-state index contributed by atoms with van der Waals surface area (Å²) in [4.78, 5) is 22.3. The highest BCUT2D eigenvalue weighted by Gasteiger charge is 2.25. The molecular formula is C16H16ClN3O2. The molecule has 5 nitrogen and oxygen atoms in total. The number of amides is 1. The van der Waals surface area contributed by atoms with Crippen molar-refractivity contribution in [2.75, 3.05) is 13.1 Å². The summed E-state index contributed by atoms with van der Waals surface area (Å²) < 4.78 is 5.78. The Labute approximate surface area is 133 Å². The minimum absolute atomic E-state index is 0.0143. The highest BCUT2D eigenvalue weighted by molar-refractivity contribution is 6.30. The molecule has 0 bridgehead atoms. The maximum absolute atomic E-state index is 12.4. The van der Waals surface area contributed by atoms with Gasteiger partial charge in [-0.3, -0.25) is 9.78 Å². The molecular weight excluding hydrogens is 302 g/mol. The Morgan fingerprint density at radius 2 is 2.09 bits per heavy atom. The van der Waals surface area contributed by atoms with Gasteiger partial charge in [0.1, 0.15) is 6.10 Å². The summed E-state index contributed by atoms with van der Waals surface area (Å²) in [6, 6.07) is 7.04. The van der Waals surface area contributed by atoms with E-state index in [-0.39, 0.29) is 12.0 Å². The van der Waals surface area contributed by atoms with Gasteiger partial charge in [-0.05, 0) is 18.2 Å². The summed E-state index contributed by atoms with van der Waals surface area (Å²) in [5, 5.41) is 0.576. The van der Waals surface area contributed by atoms with Gasteiger partial charge in [0.25, 0.3) is 5.91 Å². The number of carbonyl (C=O) groups excluding carboxylic acids is 1. The summed E-state index contributed by atoms with van der Waals surface area (Å²) in [6.07, 6.45) is 6.45. The molecule has 0 aliphatic carbocycles. The molecule has 0 radical (unpaired) electrons. The van der Waals surface area contributed by atoms with Crippen LogP contribution >= 0.6 is 11.6 Å². The van der Waals surface area contributed by atoms with Crippen LogP contribution in [0.1, 0.15) is 23.2 Å². The lowest BCUT2D eigenvalue weighted by molar-refractivity contribution is 0.0587. The number of benzene rings is 1. The molecule has 2 heterocycles. The molecule has 1 aromatic heterocycles. The minimum atomic E-state index is 0.0143. The van der Waals surface area contributed by atoms with Crippen LogP contribution in [0.2, 0.25) is 5.02 Å². The number of hydrogen-bond donors (Lipinski definition) is 0. The fraction of sp³-hybridized carbons (Fsp3) is 0.312. The fourth-order valence-electron chi connectivity index (χ4n) is 2.50. The first-order valence-corrected chi connectivity index (χ1v) is 7.58. The van der Waals surface area contributed by atoms with Crippen molar-refractivity contribution in [2.24, 2.45) is 0 Å². The zero-order valence-corrected chi connectivity index (χ0v) is 12.7. The molecule has 1 aromatic carbocycles. The Hall–Kier alpha value is -2.14. The van der Waals surface area contributed by atoms with Crippen molar-refractivity contribution in [1.29, 1.82) is 0 Å². The van der Waals surface area contributed by atoms with Crippen LogP contribution in [0.3, 0.4) is 0 Å². The van der Waals surface area contributed by atoms with E-state index in [1.54, 1.807) is 42.9 Å². The van der Waals surface area contributed by atoms with Crippen molar-refractivity contribution < 1.29 is 9.53 Å². The summed E-state index contributed by atoms with van der Waals surface area (Å²) in [5.41, 5.74) is 0.626. The van der Waals surface area contributed by atoms with E-state index in [9.17, 15) is 4.79 Å².